The molecule has 0 saturated carbocycles. The average Bonchev–Trinajstić information content (AvgIpc) is 2.34. The maximum absolute atomic E-state index is 10.4. The van der Waals surface area contributed by atoms with Crippen LogP contribution < -0.4 is 10.1 Å². The summed E-state index contributed by atoms with van der Waals surface area (Å²) in [5.41, 5.74) is 1.14. The van der Waals surface area contributed by atoms with Gasteiger partial charge in [-0.05, 0) is 31.2 Å². The molecular weight excluding hydrogens is 298 g/mol. The van der Waals surface area contributed by atoms with Crippen molar-refractivity contribution in [3.8, 4) is 5.75 Å². The Labute approximate surface area is 114 Å². The zero-order chi connectivity index (χ0) is 13.0. The van der Waals surface area contributed by atoms with Gasteiger partial charge < -0.3 is 15.2 Å². The highest BCUT2D eigenvalue weighted by atomic mass is 79.9. The van der Waals surface area contributed by atoms with Crippen molar-refractivity contribution in [2.45, 2.75) is 25.3 Å². The molecule has 0 saturated heterocycles. The molecule has 1 atom stereocenters. The van der Waals surface area contributed by atoms with Crippen LogP contribution in [0, 0.1) is 0 Å². The largest absolute Gasteiger partial charge is 0.493 e. The van der Waals surface area contributed by atoms with E-state index in [9.17, 15) is 4.79 Å². The van der Waals surface area contributed by atoms with Crippen molar-refractivity contribution in [1.29, 1.82) is 0 Å². The fraction of sp³-hybridized carbons (Fsp3) is 0.462. The Balaban J connectivity index is 1.95. The van der Waals surface area contributed by atoms with Crippen molar-refractivity contribution < 1.29 is 14.6 Å². The van der Waals surface area contributed by atoms with Gasteiger partial charge >= 0.3 is 5.97 Å². The minimum Gasteiger partial charge on any atom is -0.493 e. The Morgan fingerprint density at radius 3 is 3.17 bits per heavy atom. The molecule has 18 heavy (non-hydrogen) atoms. The summed E-state index contributed by atoms with van der Waals surface area (Å²) < 4.78 is 6.63. The van der Waals surface area contributed by atoms with Crippen LogP contribution in [0.5, 0.6) is 5.75 Å². The molecule has 0 aromatic heterocycles. The number of rotatable bonds is 5. The highest BCUT2D eigenvalue weighted by Crippen LogP contribution is 2.33. The summed E-state index contributed by atoms with van der Waals surface area (Å²) in [6.07, 6.45) is 1.77. The number of carboxylic acids is 1. The lowest BCUT2D eigenvalue weighted by atomic mass is 10.0. The third-order valence-electron chi connectivity index (χ3n) is 2.97. The fourth-order valence-corrected chi connectivity index (χ4v) is 2.47. The molecule has 2 rings (SSSR count). The van der Waals surface area contributed by atoms with Crippen LogP contribution in [-0.2, 0) is 4.79 Å². The molecule has 4 nitrogen and oxygen atoms in total. The zero-order valence-electron chi connectivity index (χ0n) is 9.99. The summed E-state index contributed by atoms with van der Waals surface area (Å²) >= 11 is 3.46. The Morgan fingerprint density at radius 1 is 1.56 bits per heavy atom. The Hall–Kier alpha value is -1.07. The van der Waals surface area contributed by atoms with Gasteiger partial charge in [-0.25, -0.2) is 0 Å². The van der Waals surface area contributed by atoms with Crippen molar-refractivity contribution >= 4 is 21.9 Å². The number of carbonyl (C=O) groups is 1. The maximum Gasteiger partial charge on any atom is 0.303 e. The molecule has 0 aliphatic carbocycles. The van der Waals surface area contributed by atoms with Gasteiger partial charge in [0.2, 0.25) is 0 Å². The molecule has 98 valence electrons. The van der Waals surface area contributed by atoms with Crippen LogP contribution in [-0.4, -0.2) is 24.2 Å². The third-order valence-corrected chi connectivity index (χ3v) is 3.46. The van der Waals surface area contributed by atoms with E-state index in [0.29, 0.717) is 19.6 Å². The number of halogens is 1. The third kappa shape index (κ3) is 3.46. The summed E-state index contributed by atoms with van der Waals surface area (Å²) in [7, 11) is 0. The lowest BCUT2D eigenvalue weighted by molar-refractivity contribution is -0.137. The summed E-state index contributed by atoms with van der Waals surface area (Å²) in [5, 5.41) is 12.0. The molecule has 1 heterocycles. The van der Waals surface area contributed by atoms with E-state index >= 15 is 0 Å². The summed E-state index contributed by atoms with van der Waals surface area (Å²) in [4.78, 5) is 10.4. The van der Waals surface area contributed by atoms with Crippen molar-refractivity contribution in [3.05, 3.63) is 28.2 Å². The van der Waals surface area contributed by atoms with Gasteiger partial charge in [-0.2, -0.15) is 0 Å². The van der Waals surface area contributed by atoms with Gasteiger partial charge in [-0.1, -0.05) is 15.9 Å². The van der Waals surface area contributed by atoms with Gasteiger partial charge in [-0.15, -0.1) is 0 Å². The first-order chi connectivity index (χ1) is 8.66. The highest BCUT2D eigenvalue weighted by molar-refractivity contribution is 9.10. The minimum atomic E-state index is -0.744. The molecule has 1 aliphatic heterocycles. The molecule has 0 radical (unpaired) electrons. The van der Waals surface area contributed by atoms with E-state index in [1.807, 2.05) is 12.1 Å². The van der Waals surface area contributed by atoms with E-state index in [0.717, 1.165) is 22.2 Å². The second kappa shape index (κ2) is 6.20. The van der Waals surface area contributed by atoms with Gasteiger partial charge in [-0.3, -0.25) is 4.79 Å². The van der Waals surface area contributed by atoms with Gasteiger partial charge in [0.15, 0.2) is 0 Å². The van der Waals surface area contributed by atoms with E-state index in [2.05, 4.69) is 27.3 Å². The Bertz CT molecular complexity index is 436. The van der Waals surface area contributed by atoms with Crippen LogP contribution in [0.2, 0.25) is 0 Å². The van der Waals surface area contributed by atoms with E-state index < -0.39 is 5.97 Å². The standard InChI is InChI=1S/C13H16BrNO3/c14-9-3-4-12-10(8-9)11(5-7-18-12)15-6-1-2-13(16)17/h3-4,8,11,15H,1-2,5-7H2,(H,16,17). The van der Waals surface area contributed by atoms with Crippen LogP contribution in [0.3, 0.4) is 0 Å². The van der Waals surface area contributed by atoms with Crippen molar-refractivity contribution in [1.82, 2.24) is 5.32 Å². The molecule has 1 aliphatic rings. The van der Waals surface area contributed by atoms with Crippen LogP contribution in [0.4, 0.5) is 0 Å². The first-order valence-electron chi connectivity index (χ1n) is 6.04. The number of aliphatic carboxylic acids is 1. The minimum absolute atomic E-state index is 0.210. The average molecular weight is 314 g/mol. The molecule has 0 fully saturated rings. The van der Waals surface area contributed by atoms with E-state index in [1.54, 1.807) is 0 Å². The van der Waals surface area contributed by atoms with Crippen LogP contribution in [0.1, 0.15) is 30.9 Å². The molecule has 2 N–H and O–H groups in total. The van der Waals surface area contributed by atoms with Crippen LogP contribution in [0.25, 0.3) is 0 Å². The first kappa shape index (κ1) is 13.4. The van der Waals surface area contributed by atoms with Gasteiger partial charge in [0.25, 0.3) is 0 Å². The number of carboxylic acid groups (broad SMARTS) is 1. The maximum atomic E-state index is 10.4. The topological polar surface area (TPSA) is 58.6 Å². The highest BCUT2D eigenvalue weighted by Gasteiger charge is 2.20. The van der Waals surface area contributed by atoms with E-state index in [-0.39, 0.29) is 12.5 Å². The smallest absolute Gasteiger partial charge is 0.303 e. The van der Waals surface area contributed by atoms with Crippen molar-refractivity contribution in [3.63, 3.8) is 0 Å². The van der Waals surface area contributed by atoms with Crippen molar-refractivity contribution in [2.24, 2.45) is 0 Å². The molecule has 1 aromatic rings. The summed E-state index contributed by atoms with van der Waals surface area (Å²) in [6.45, 7) is 1.41. The van der Waals surface area contributed by atoms with Gasteiger partial charge in [0.05, 0.1) is 6.61 Å². The van der Waals surface area contributed by atoms with Crippen LogP contribution in [0.15, 0.2) is 22.7 Å². The van der Waals surface area contributed by atoms with Gasteiger partial charge in [0.1, 0.15) is 5.75 Å². The number of nitrogens with one attached hydrogen (secondary N) is 1. The zero-order valence-corrected chi connectivity index (χ0v) is 11.6. The monoisotopic (exact) mass is 313 g/mol. The molecule has 5 heteroatoms. The second-order valence-electron chi connectivity index (χ2n) is 4.32. The summed E-state index contributed by atoms with van der Waals surface area (Å²) in [5.74, 6) is 0.173. The number of fused-ring (bicyclic) bond motifs is 1. The lowest BCUT2D eigenvalue weighted by Gasteiger charge is -2.27. The predicted molar refractivity (Wildman–Crippen MR) is 71.9 cm³/mol. The Kier molecular flexibility index (Phi) is 4.60. The SMILES string of the molecule is O=C(O)CCCNC1CCOc2ccc(Br)cc21. The molecule has 0 spiro atoms. The quantitative estimate of drug-likeness (QED) is 0.821. The first-order valence-corrected chi connectivity index (χ1v) is 6.83. The van der Waals surface area contributed by atoms with Gasteiger partial charge in [0, 0.05) is 28.9 Å². The predicted octanol–water partition coefficient (Wildman–Crippen LogP) is 2.73. The van der Waals surface area contributed by atoms with Crippen LogP contribution >= 0.6 is 15.9 Å². The van der Waals surface area contributed by atoms with E-state index in [4.69, 9.17) is 9.84 Å². The van der Waals surface area contributed by atoms with E-state index in [1.165, 1.54) is 0 Å². The summed E-state index contributed by atoms with van der Waals surface area (Å²) in [6, 6.07) is 6.24. The fourth-order valence-electron chi connectivity index (χ4n) is 2.09. The lowest BCUT2D eigenvalue weighted by Crippen LogP contribution is -2.28. The molecular formula is C13H16BrNO3. The van der Waals surface area contributed by atoms with Crippen molar-refractivity contribution in [2.75, 3.05) is 13.2 Å². The number of benzene rings is 1. The molecule has 0 amide bonds. The molecule has 1 aromatic carbocycles. The molecule has 0 bridgehead atoms. The number of hydrogen-bond acceptors (Lipinski definition) is 3. The normalized spacial score (nSPS) is 17.9. The molecule has 1 unspecified atom stereocenters. The Morgan fingerprint density at radius 2 is 2.39 bits per heavy atom. The number of ether oxygens (including phenoxy) is 1. The number of hydrogen-bond donors (Lipinski definition) is 2. The second-order valence-corrected chi connectivity index (χ2v) is 5.24.